The Morgan fingerprint density at radius 2 is 1.85 bits per heavy atom. The van der Waals surface area contributed by atoms with Crippen molar-refractivity contribution >= 4 is 11.7 Å². The molecule has 26 heavy (non-hydrogen) atoms. The Balaban J connectivity index is 1.24. The maximum Gasteiger partial charge on any atom is 0.234 e. The lowest BCUT2D eigenvalue weighted by Gasteiger charge is -2.34. The van der Waals surface area contributed by atoms with E-state index >= 15 is 0 Å². The lowest BCUT2D eigenvalue weighted by Crippen LogP contribution is -2.49. The van der Waals surface area contributed by atoms with Crippen molar-refractivity contribution in [1.29, 1.82) is 0 Å². The number of carbonyl (C=O) groups excluding carboxylic acids is 1. The van der Waals surface area contributed by atoms with Crippen molar-refractivity contribution in [2.45, 2.75) is 25.8 Å². The van der Waals surface area contributed by atoms with E-state index in [4.69, 9.17) is 0 Å². The van der Waals surface area contributed by atoms with Gasteiger partial charge >= 0.3 is 0 Å². The van der Waals surface area contributed by atoms with Crippen molar-refractivity contribution in [2.75, 3.05) is 37.6 Å². The fourth-order valence-electron chi connectivity index (χ4n) is 3.66. The van der Waals surface area contributed by atoms with Gasteiger partial charge in [0.05, 0.1) is 12.2 Å². The van der Waals surface area contributed by atoms with Gasteiger partial charge < -0.3 is 10.2 Å². The highest BCUT2D eigenvalue weighted by molar-refractivity contribution is 5.78. The van der Waals surface area contributed by atoms with Gasteiger partial charge in [0.15, 0.2) is 5.82 Å². The van der Waals surface area contributed by atoms with E-state index in [9.17, 15) is 4.79 Å². The van der Waals surface area contributed by atoms with E-state index in [1.165, 1.54) is 17.7 Å². The Kier molecular flexibility index (Phi) is 5.11. The third kappa shape index (κ3) is 4.02. The molecule has 2 aliphatic rings. The first-order valence-corrected chi connectivity index (χ1v) is 9.41. The summed E-state index contributed by atoms with van der Waals surface area (Å²) in [6, 6.07) is 12.2. The number of nitrogens with one attached hydrogen (secondary N) is 1. The van der Waals surface area contributed by atoms with Crippen LogP contribution in [0.2, 0.25) is 0 Å². The molecule has 1 fully saturated rings. The number of nitrogens with zero attached hydrogens (tertiary/aromatic N) is 4. The van der Waals surface area contributed by atoms with Gasteiger partial charge in [-0.3, -0.25) is 9.69 Å². The SMILES string of the molecule is O=C(CN1CCN(c2cc3c(nn2)CCC3)CC1)NCc1ccccc1. The number of hydrogen-bond acceptors (Lipinski definition) is 5. The van der Waals surface area contributed by atoms with Gasteiger partial charge in [-0.1, -0.05) is 30.3 Å². The number of rotatable bonds is 5. The Morgan fingerprint density at radius 1 is 1.04 bits per heavy atom. The minimum atomic E-state index is 0.0830. The summed E-state index contributed by atoms with van der Waals surface area (Å²) in [5, 5.41) is 11.8. The highest BCUT2D eigenvalue weighted by Gasteiger charge is 2.22. The maximum absolute atomic E-state index is 12.2. The third-order valence-electron chi connectivity index (χ3n) is 5.20. The molecular weight excluding hydrogens is 326 g/mol. The zero-order chi connectivity index (χ0) is 17.8. The fourth-order valence-corrected chi connectivity index (χ4v) is 3.66. The van der Waals surface area contributed by atoms with Crippen molar-refractivity contribution in [3.63, 3.8) is 0 Å². The Hall–Kier alpha value is -2.47. The summed E-state index contributed by atoms with van der Waals surface area (Å²) < 4.78 is 0. The van der Waals surface area contributed by atoms with Crippen LogP contribution in [0.15, 0.2) is 36.4 Å². The van der Waals surface area contributed by atoms with Crippen LogP contribution < -0.4 is 10.2 Å². The van der Waals surface area contributed by atoms with Crippen LogP contribution >= 0.6 is 0 Å². The maximum atomic E-state index is 12.2. The number of carbonyl (C=O) groups is 1. The van der Waals surface area contributed by atoms with Gasteiger partial charge in [-0.2, -0.15) is 5.10 Å². The van der Waals surface area contributed by atoms with Gasteiger partial charge in [0.2, 0.25) is 5.91 Å². The monoisotopic (exact) mass is 351 g/mol. The topological polar surface area (TPSA) is 61.4 Å². The van der Waals surface area contributed by atoms with Crippen molar-refractivity contribution in [3.8, 4) is 0 Å². The number of benzene rings is 1. The molecule has 1 N–H and O–H groups in total. The highest BCUT2D eigenvalue weighted by atomic mass is 16.2. The second-order valence-electron chi connectivity index (χ2n) is 7.05. The van der Waals surface area contributed by atoms with E-state index < -0.39 is 0 Å². The van der Waals surface area contributed by atoms with E-state index in [1.807, 2.05) is 30.3 Å². The second-order valence-corrected chi connectivity index (χ2v) is 7.05. The van der Waals surface area contributed by atoms with Crippen molar-refractivity contribution in [1.82, 2.24) is 20.4 Å². The normalized spacial score (nSPS) is 17.2. The first-order chi connectivity index (χ1) is 12.8. The van der Waals surface area contributed by atoms with Gasteiger partial charge in [0.1, 0.15) is 0 Å². The average molecular weight is 351 g/mol. The number of fused-ring (bicyclic) bond motifs is 1. The molecule has 6 heteroatoms. The van der Waals surface area contributed by atoms with Gasteiger partial charge in [-0.05, 0) is 36.5 Å². The molecule has 0 radical (unpaired) electrons. The first-order valence-electron chi connectivity index (χ1n) is 9.41. The van der Waals surface area contributed by atoms with Gasteiger partial charge in [-0.25, -0.2) is 0 Å². The summed E-state index contributed by atoms with van der Waals surface area (Å²) in [5.74, 6) is 1.07. The van der Waals surface area contributed by atoms with E-state index in [0.717, 1.165) is 50.4 Å². The molecule has 1 amide bonds. The lowest BCUT2D eigenvalue weighted by atomic mass is 10.2. The minimum Gasteiger partial charge on any atom is -0.353 e. The number of hydrogen-bond donors (Lipinski definition) is 1. The summed E-state index contributed by atoms with van der Waals surface area (Å²) in [5.41, 5.74) is 3.65. The molecule has 2 aromatic rings. The molecule has 136 valence electrons. The molecule has 0 spiro atoms. The summed E-state index contributed by atoms with van der Waals surface area (Å²) in [7, 11) is 0. The van der Waals surface area contributed by atoms with Crippen LogP contribution in [0.3, 0.4) is 0 Å². The predicted octanol–water partition coefficient (Wildman–Crippen LogP) is 1.40. The van der Waals surface area contributed by atoms with Gasteiger partial charge in [0, 0.05) is 32.7 Å². The second kappa shape index (κ2) is 7.83. The quantitative estimate of drug-likeness (QED) is 0.882. The van der Waals surface area contributed by atoms with Crippen molar-refractivity contribution in [2.24, 2.45) is 0 Å². The molecule has 1 saturated heterocycles. The van der Waals surface area contributed by atoms with Crippen LogP contribution in [-0.4, -0.2) is 53.7 Å². The van der Waals surface area contributed by atoms with E-state index in [2.05, 4.69) is 31.4 Å². The van der Waals surface area contributed by atoms with Crippen LogP contribution in [0.25, 0.3) is 0 Å². The summed E-state index contributed by atoms with van der Waals surface area (Å²) in [6.07, 6.45) is 3.38. The largest absolute Gasteiger partial charge is 0.353 e. The van der Waals surface area contributed by atoms with Crippen LogP contribution in [0.4, 0.5) is 5.82 Å². The number of piperazine rings is 1. The van der Waals surface area contributed by atoms with Gasteiger partial charge in [0.25, 0.3) is 0 Å². The standard InChI is InChI=1S/C20H25N5O/c26-20(21-14-16-5-2-1-3-6-16)15-24-9-11-25(12-10-24)19-13-17-7-4-8-18(17)22-23-19/h1-3,5-6,13H,4,7-12,14-15H2,(H,21,26). The van der Waals surface area contributed by atoms with Crippen LogP contribution in [0.5, 0.6) is 0 Å². The van der Waals surface area contributed by atoms with Crippen molar-refractivity contribution < 1.29 is 4.79 Å². The molecule has 0 bridgehead atoms. The van der Waals surface area contributed by atoms with Crippen LogP contribution in [-0.2, 0) is 24.2 Å². The molecule has 1 aliphatic carbocycles. The minimum absolute atomic E-state index is 0.0830. The predicted molar refractivity (Wildman–Crippen MR) is 101 cm³/mol. The molecule has 0 atom stereocenters. The summed E-state index contributed by atoms with van der Waals surface area (Å²) in [6.45, 7) is 4.56. The summed E-state index contributed by atoms with van der Waals surface area (Å²) >= 11 is 0. The Labute approximate surface area is 154 Å². The van der Waals surface area contributed by atoms with E-state index in [0.29, 0.717) is 13.1 Å². The van der Waals surface area contributed by atoms with E-state index in [1.54, 1.807) is 0 Å². The van der Waals surface area contributed by atoms with Crippen LogP contribution in [0, 0.1) is 0 Å². The molecular formula is C20H25N5O. The van der Waals surface area contributed by atoms with E-state index in [-0.39, 0.29) is 5.91 Å². The molecule has 2 heterocycles. The van der Waals surface area contributed by atoms with Crippen molar-refractivity contribution in [3.05, 3.63) is 53.2 Å². The lowest BCUT2D eigenvalue weighted by molar-refractivity contribution is -0.122. The number of anilines is 1. The summed E-state index contributed by atoms with van der Waals surface area (Å²) in [4.78, 5) is 16.7. The molecule has 0 unspecified atom stereocenters. The Bertz CT molecular complexity index is 756. The molecule has 0 saturated carbocycles. The van der Waals surface area contributed by atoms with Crippen LogP contribution in [0.1, 0.15) is 23.2 Å². The third-order valence-corrected chi connectivity index (χ3v) is 5.20. The number of aryl methyl sites for hydroxylation is 2. The smallest absolute Gasteiger partial charge is 0.234 e. The molecule has 6 nitrogen and oxygen atoms in total. The Morgan fingerprint density at radius 3 is 2.65 bits per heavy atom. The first kappa shape index (κ1) is 17.0. The zero-order valence-electron chi connectivity index (χ0n) is 15.0. The number of amides is 1. The van der Waals surface area contributed by atoms with Gasteiger partial charge in [-0.15, -0.1) is 5.10 Å². The molecule has 1 aliphatic heterocycles. The number of aromatic nitrogens is 2. The molecule has 4 rings (SSSR count). The molecule has 1 aromatic heterocycles. The average Bonchev–Trinajstić information content (AvgIpc) is 3.16. The highest BCUT2D eigenvalue weighted by Crippen LogP contribution is 2.23. The zero-order valence-corrected chi connectivity index (χ0v) is 15.0. The molecule has 1 aromatic carbocycles. The fraction of sp³-hybridized carbons (Fsp3) is 0.450.